The summed E-state index contributed by atoms with van der Waals surface area (Å²) in [5, 5.41) is 0. The Bertz CT molecular complexity index is 734. The highest BCUT2D eigenvalue weighted by Crippen LogP contribution is 2.23. The van der Waals surface area contributed by atoms with Crippen LogP contribution in [0.2, 0.25) is 0 Å². The van der Waals surface area contributed by atoms with Crippen LogP contribution >= 0.6 is 0 Å². The number of esters is 1. The molecule has 5 nitrogen and oxygen atoms in total. The lowest BCUT2D eigenvalue weighted by Gasteiger charge is -2.13. The molecule has 0 atom stereocenters. The summed E-state index contributed by atoms with van der Waals surface area (Å²) in [5.41, 5.74) is 2.29. The lowest BCUT2D eigenvalue weighted by Crippen LogP contribution is -2.05. The van der Waals surface area contributed by atoms with E-state index < -0.39 is 0 Å². The quantitative estimate of drug-likeness (QED) is 0.542. The Hall–Kier alpha value is -2.82. The van der Waals surface area contributed by atoms with E-state index in [0.717, 1.165) is 11.1 Å². The Morgan fingerprint density at radius 1 is 1.00 bits per heavy atom. The molecule has 0 bridgehead atoms. The molecule has 0 N–H and O–H groups in total. The number of hydrogen-bond acceptors (Lipinski definition) is 5. The van der Waals surface area contributed by atoms with Crippen molar-refractivity contribution < 1.29 is 23.8 Å². The van der Waals surface area contributed by atoms with E-state index in [9.17, 15) is 9.59 Å². The zero-order valence-corrected chi connectivity index (χ0v) is 14.7. The maximum absolute atomic E-state index is 11.6. The summed E-state index contributed by atoms with van der Waals surface area (Å²) in [5.74, 6) is 1.09. The van der Waals surface area contributed by atoms with Gasteiger partial charge >= 0.3 is 5.97 Å². The number of carbonyl (C=O) groups is 2. The van der Waals surface area contributed by atoms with Gasteiger partial charge in [-0.2, -0.15) is 0 Å². The Morgan fingerprint density at radius 2 is 1.72 bits per heavy atom. The minimum Gasteiger partial charge on any atom is -0.493 e. The van der Waals surface area contributed by atoms with Crippen LogP contribution in [0.5, 0.6) is 11.5 Å². The van der Waals surface area contributed by atoms with Crippen LogP contribution in [-0.4, -0.2) is 25.5 Å². The normalized spacial score (nSPS) is 10.2. The molecule has 2 aromatic carbocycles. The maximum Gasteiger partial charge on any atom is 0.309 e. The van der Waals surface area contributed by atoms with Crippen molar-refractivity contribution in [2.24, 2.45) is 0 Å². The van der Waals surface area contributed by atoms with Gasteiger partial charge in [0.05, 0.1) is 20.1 Å². The van der Waals surface area contributed by atoms with Gasteiger partial charge in [0.1, 0.15) is 18.1 Å². The fourth-order valence-corrected chi connectivity index (χ4v) is 2.31. The SMILES string of the molecule is CCOc1ccc(C(C)=O)cc1COc1ccc(CC(=O)OC)cc1. The number of carbonyl (C=O) groups excluding carboxylic acids is 2. The number of ketones is 1. The van der Waals surface area contributed by atoms with Crippen molar-refractivity contribution in [3.05, 3.63) is 59.2 Å². The van der Waals surface area contributed by atoms with E-state index in [2.05, 4.69) is 4.74 Å². The molecule has 132 valence electrons. The van der Waals surface area contributed by atoms with Gasteiger partial charge in [0, 0.05) is 11.1 Å². The molecule has 0 unspecified atom stereocenters. The van der Waals surface area contributed by atoms with Gasteiger partial charge in [0.2, 0.25) is 0 Å². The van der Waals surface area contributed by atoms with Gasteiger partial charge in [-0.25, -0.2) is 0 Å². The van der Waals surface area contributed by atoms with Gasteiger partial charge < -0.3 is 14.2 Å². The zero-order chi connectivity index (χ0) is 18.2. The van der Waals surface area contributed by atoms with E-state index in [1.807, 2.05) is 19.1 Å². The van der Waals surface area contributed by atoms with Crippen LogP contribution in [0.3, 0.4) is 0 Å². The fraction of sp³-hybridized carbons (Fsp3) is 0.300. The van der Waals surface area contributed by atoms with Crippen molar-refractivity contribution in [3.63, 3.8) is 0 Å². The molecule has 0 saturated heterocycles. The number of hydrogen-bond donors (Lipinski definition) is 0. The summed E-state index contributed by atoms with van der Waals surface area (Å²) in [7, 11) is 1.37. The molecule has 2 rings (SSSR count). The predicted molar refractivity (Wildman–Crippen MR) is 94.1 cm³/mol. The summed E-state index contributed by atoms with van der Waals surface area (Å²) in [4.78, 5) is 22.8. The molecule has 0 radical (unpaired) electrons. The molecule has 0 spiro atoms. The first-order valence-electron chi connectivity index (χ1n) is 8.08. The maximum atomic E-state index is 11.6. The van der Waals surface area contributed by atoms with Gasteiger partial charge in [-0.05, 0) is 49.7 Å². The lowest BCUT2D eigenvalue weighted by atomic mass is 10.1. The van der Waals surface area contributed by atoms with Crippen LogP contribution in [-0.2, 0) is 22.6 Å². The fourth-order valence-electron chi connectivity index (χ4n) is 2.31. The van der Waals surface area contributed by atoms with Gasteiger partial charge in [-0.1, -0.05) is 12.1 Å². The molecule has 2 aromatic rings. The summed E-state index contributed by atoms with van der Waals surface area (Å²) >= 11 is 0. The number of Topliss-reactive ketones (excluding diaryl/α,β-unsaturated/α-hetero) is 1. The van der Waals surface area contributed by atoms with Crippen molar-refractivity contribution in [1.82, 2.24) is 0 Å². The highest BCUT2D eigenvalue weighted by atomic mass is 16.5. The molecule has 0 aliphatic carbocycles. The van der Waals surface area contributed by atoms with Crippen molar-refractivity contribution >= 4 is 11.8 Å². The summed E-state index contributed by atoms with van der Waals surface area (Å²) in [6.45, 7) is 4.26. The first-order valence-corrected chi connectivity index (χ1v) is 8.08. The van der Waals surface area contributed by atoms with Crippen LogP contribution in [0.1, 0.15) is 35.3 Å². The number of rotatable bonds is 8. The first kappa shape index (κ1) is 18.5. The molecule has 0 aliphatic heterocycles. The molecular weight excluding hydrogens is 320 g/mol. The molecule has 0 aliphatic rings. The highest BCUT2D eigenvalue weighted by molar-refractivity contribution is 5.94. The number of benzene rings is 2. The standard InChI is InChI=1S/C20H22O5/c1-4-24-19-10-7-16(14(2)21)12-17(19)13-25-18-8-5-15(6-9-18)11-20(22)23-3/h5-10,12H,4,11,13H2,1-3H3. The van der Waals surface area contributed by atoms with Gasteiger partial charge in [-0.15, -0.1) is 0 Å². The zero-order valence-electron chi connectivity index (χ0n) is 14.7. The minimum absolute atomic E-state index is 0.00328. The second-order valence-electron chi connectivity index (χ2n) is 5.50. The van der Waals surface area contributed by atoms with E-state index in [1.165, 1.54) is 14.0 Å². The van der Waals surface area contributed by atoms with E-state index in [0.29, 0.717) is 23.7 Å². The third kappa shape index (κ3) is 5.35. The smallest absolute Gasteiger partial charge is 0.309 e. The monoisotopic (exact) mass is 342 g/mol. The van der Waals surface area contributed by atoms with Crippen LogP contribution < -0.4 is 9.47 Å². The second kappa shape index (κ2) is 8.87. The van der Waals surface area contributed by atoms with E-state index in [4.69, 9.17) is 9.47 Å². The third-order valence-electron chi connectivity index (χ3n) is 3.66. The van der Waals surface area contributed by atoms with Crippen molar-refractivity contribution in [2.75, 3.05) is 13.7 Å². The Labute approximate surface area is 147 Å². The van der Waals surface area contributed by atoms with Crippen molar-refractivity contribution in [1.29, 1.82) is 0 Å². The number of ether oxygens (including phenoxy) is 3. The summed E-state index contributed by atoms with van der Waals surface area (Å²) < 4.78 is 16.0. The van der Waals surface area contributed by atoms with Gasteiger partial charge in [0.25, 0.3) is 0 Å². The summed E-state index contributed by atoms with van der Waals surface area (Å²) in [6, 6.07) is 12.6. The molecule has 0 saturated carbocycles. The Balaban J connectivity index is 2.08. The van der Waals surface area contributed by atoms with E-state index >= 15 is 0 Å². The first-order chi connectivity index (χ1) is 12.0. The van der Waals surface area contributed by atoms with Gasteiger partial charge in [0.15, 0.2) is 5.78 Å². The Kier molecular flexibility index (Phi) is 6.57. The predicted octanol–water partition coefficient (Wildman–Crippen LogP) is 3.58. The van der Waals surface area contributed by atoms with Crippen LogP contribution in [0, 0.1) is 0 Å². The second-order valence-corrected chi connectivity index (χ2v) is 5.50. The van der Waals surface area contributed by atoms with Crippen molar-refractivity contribution in [3.8, 4) is 11.5 Å². The highest BCUT2D eigenvalue weighted by Gasteiger charge is 2.09. The molecule has 0 aromatic heterocycles. The van der Waals surface area contributed by atoms with Gasteiger partial charge in [-0.3, -0.25) is 9.59 Å². The van der Waals surface area contributed by atoms with E-state index in [1.54, 1.807) is 30.3 Å². The minimum atomic E-state index is -0.281. The van der Waals surface area contributed by atoms with Crippen LogP contribution in [0.25, 0.3) is 0 Å². The Morgan fingerprint density at radius 3 is 2.32 bits per heavy atom. The lowest BCUT2D eigenvalue weighted by molar-refractivity contribution is -0.139. The average molecular weight is 342 g/mol. The summed E-state index contributed by atoms with van der Waals surface area (Å²) in [6.07, 6.45) is 0.228. The molecule has 25 heavy (non-hydrogen) atoms. The third-order valence-corrected chi connectivity index (χ3v) is 3.66. The largest absolute Gasteiger partial charge is 0.493 e. The molecular formula is C20H22O5. The topological polar surface area (TPSA) is 61.8 Å². The van der Waals surface area contributed by atoms with E-state index in [-0.39, 0.29) is 24.8 Å². The van der Waals surface area contributed by atoms with Crippen molar-refractivity contribution in [2.45, 2.75) is 26.9 Å². The molecule has 0 fully saturated rings. The van der Waals surface area contributed by atoms with Crippen LogP contribution in [0.15, 0.2) is 42.5 Å². The molecule has 0 amide bonds. The molecule has 0 heterocycles. The molecule has 5 heteroatoms. The number of methoxy groups -OCH3 is 1. The average Bonchev–Trinajstić information content (AvgIpc) is 2.62. The van der Waals surface area contributed by atoms with Crippen LogP contribution in [0.4, 0.5) is 0 Å².